The number of carbonyl (C=O) groups excluding carboxylic acids is 5. The smallest absolute Gasteiger partial charge is 0.464 e. The number of esters is 2. The van der Waals surface area contributed by atoms with E-state index in [1.165, 1.54) is 0 Å². The first kappa shape index (κ1) is 41.0. The molecule has 3 amide bonds. The molecule has 12 nitrogen and oxygen atoms in total. The van der Waals surface area contributed by atoms with E-state index in [4.69, 9.17) is 14.2 Å². The van der Waals surface area contributed by atoms with Gasteiger partial charge in [-0.2, -0.15) is 13.2 Å². The van der Waals surface area contributed by atoms with E-state index in [0.29, 0.717) is 31.7 Å². The highest BCUT2D eigenvalue weighted by atomic mass is 28.3. The summed E-state index contributed by atoms with van der Waals surface area (Å²) in [6.07, 6.45) is -0.894. The van der Waals surface area contributed by atoms with Gasteiger partial charge in [0.1, 0.15) is 23.2 Å². The molecule has 1 saturated heterocycles. The topological polar surface area (TPSA) is 161 Å². The molecule has 274 valence electrons. The van der Waals surface area contributed by atoms with Gasteiger partial charge in [0, 0.05) is 20.4 Å². The van der Waals surface area contributed by atoms with Crippen LogP contribution in [0.4, 0.5) is 18.0 Å². The molecular weight excluding hydrogens is 655 g/mol. The van der Waals surface area contributed by atoms with Gasteiger partial charge in [0.2, 0.25) is 5.91 Å². The molecule has 0 aromatic carbocycles. The largest absolute Gasteiger partial charge is 0.471 e. The molecule has 0 unspecified atom stereocenters. The molecule has 5 atom stereocenters. The molecule has 0 bridgehead atoms. The van der Waals surface area contributed by atoms with Crippen LogP contribution in [0.1, 0.15) is 72.6 Å². The molecule has 1 aliphatic heterocycles. The number of ether oxygens (including phenoxy) is 3. The maximum Gasteiger partial charge on any atom is 0.471 e. The van der Waals surface area contributed by atoms with Crippen molar-refractivity contribution in [2.75, 3.05) is 19.8 Å². The fourth-order valence-electron chi connectivity index (χ4n) is 5.19. The van der Waals surface area contributed by atoms with Gasteiger partial charge in [-0.1, -0.05) is 44.6 Å². The van der Waals surface area contributed by atoms with Crippen LogP contribution in [-0.2, 0) is 33.4 Å². The summed E-state index contributed by atoms with van der Waals surface area (Å²) in [7, 11) is -1.54. The Balaban J connectivity index is 1.94. The Labute approximate surface area is 281 Å². The van der Waals surface area contributed by atoms with E-state index >= 15 is 0 Å². The van der Waals surface area contributed by atoms with Crippen LogP contribution in [0.25, 0.3) is 0 Å². The molecule has 0 spiro atoms. The number of amides is 3. The molecule has 1 heterocycles. The number of aliphatic hydroxyl groups excluding tert-OH is 1. The van der Waals surface area contributed by atoms with Crippen molar-refractivity contribution in [2.24, 2.45) is 5.92 Å². The van der Waals surface area contributed by atoms with Gasteiger partial charge in [-0.05, 0) is 59.4 Å². The predicted octanol–water partition coefficient (Wildman–Crippen LogP) is 4.23. The fourth-order valence-corrected chi connectivity index (χ4v) is 5.91. The monoisotopic (exact) mass is 707 g/mol. The summed E-state index contributed by atoms with van der Waals surface area (Å²) in [5, 5.41) is 14.7. The Morgan fingerprint density at radius 2 is 1.73 bits per heavy atom. The maximum absolute atomic E-state index is 13.3. The van der Waals surface area contributed by atoms with Crippen LogP contribution in [-0.4, -0.2) is 103 Å². The lowest BCUT2D eigenvalue weighted by molar-refractivity contribution is -0.176. The molecule has 2 rings (SSSR count). The van der Waals surface area contributed by atoms with Gasteiger partial charge in [-0.3, -0.25) is 14.5 Å². The van der Waals surface area contributed by atoms with E-state index < -0.39 is 73.4 Å². The number of rotatable bonds is 16. The van der Waals surface area contributed by atoms with Gasteiger partial charge in [-0.25, -0.2) is 14.4 Å². The fraction of sp³-hybridized carbons (Fsp3) is 0.781. The lowest BCUT2D eigenvalue weighted by atomic mass is 10.1. The Kier molecular flexibility index (Phi) is 14.5. The predicted molar refractivity (Wildman–Crippen MR) is 172 cm³/mol. The molecule has 16 heteroatoms. The van der Waals surface area contributed by atoms with Crippen molar-refractivity contribution >= 4 is 37.9 Å². The minimum Gasteiger partial charge on any atom is -0.464 e. The van der Waals surface area contributed by atoms with Gasteiger partial charge in [0.25, 0.3) is 0 Å². The second-order valence-corrected chi connectivity index (χ2v) is 20.2. The number of likely N-dealkylation sites (tertiary alicyclic amines) is 1. The highest BCUT2D eigenvalue weighted by molar-refractivity contribution is 6.76. The van der Waals surface area contributed by atoms with Gasteiger partial charge in [0.05, 0.1) is 25.9 Å². The zero-order valence-electron chi connectivity index (χ0n) is 29.0. The van der Waals surface area contributed by atoms with Crippen LogP contribution in [0.3, 0.4) is 0 Å². The Morgan fingerprint density at radius 1 is 1.06 bits per heavy atom. The average Bonchev–Trinajstić information content (AvgIpc) is 3.48. The number of alkyl halides is 3. The van der Waals surface area contributed by atoms with Crippen LogP contribution in [0.15, 0.2) is 12.2 Å². The summed E-state index contributed by atoms with van der Waals surface area (Å²) >= 11 is 0. The number of hydrogen-bond donors (Lipinski definition) is 3. The molecule has 1 aliphatic carbocycles. The van der Waals surface area contributed by atoms with Gasteiger partial charge < -0.3 is 30.0 Å². The molecule has 0 aromatic rings. The highest BCUT2D eigenvalue weighted by Crippen LogP contribution is 2.46. The molecule has 3 N–H and O–H groups in total. The highest BCUT2D eigenvalue weighted by Gasteiger charge is 2.62. The van der Waals surface area contributed by atoms with Crippen LogP contribution < -0.4 is 10.6 Å². The molecule has 1 saturated carbocycles. The second-order valence-electron chi connectivity index (χ2n) is 14.6. The normalized spacial score (nSPS) is 23.4. The minimum atomic E-state index is -5.13. The van der Waals surface area contributed by atoms with Crippen LogP contribution in [0.2, 0.25) is 25.7 Å². The van der Waals surface area contributed by atoms with Crippen molar-refractivity contribution in [2.45, 2.75) is 134 Å². The lowest BCUT2D eigenvalue weighted by Crippen LogP contribution is -2.54. The van der Waals surface area contributed by atoms with E-state index in [1.807, 2.05) is 6.08 Å². The first-order valence-corrected chi connectivity index (χ1v) is 20.2. The van der Waals surface area contributed by atoms with Crippen molar-refractivity contribution in [3.8, 4) is 0 Å². The number of aliphatic hydroxyl groups is 1. The number of nitrogens with zero attached hydrogens (tertiary/aromatic N) is 1. The third-order valence-corrected chi connectivity index (χ3v) is 9.59. The zero-order chi connectivity index (χ0) is 36.5. The minimum absolute atomic E-state index is 0.0125. The summed E-state index contributed by atoms with van der Waals surface area (Å²) in [6, 6.07) is -1.81. The Morgan fingerprint density at radius 3 is 2.31 bits per heavy atom. The second kappa shape index (κ2) is 17.0. The molecule has 2 fully saturated rings. The summed E-state index contributed by atoms with van der Waals surface area (Å²) in [4.78, 5) is 64.1. The summed E-state index contributed by atoms with van der Waals surface area (Å²) < 4.78 is 54.3. The summed E-state index contributed by atoms with van der Waals surface area (Å²) in [6.45, 7) is 13.0. The number of unbranched alkanes of at least 4 members (excludes halogenated alkanes) is 3. The van der Waals surface area contributed by atoms with E-state index in [0.717, 1.165) is 4.90 Å². The van der Waals surface area contributed by atoms with Crippen molar-refractivity contribution in [3.63, 3.8) is 0 Å². The van der Waals surface area contributed by atoms with E-state index in [9.17, 15) is 42.3 Å². The molecule has 48 heavy (non-hydrogen) atoms. The van der Waals surface area contributed by atoms with Gasteiger partial charge >= 0.3 is 30.1 Å². The Hall–Kier alpha value is -3.14. The lowest BCUT2D eigenvalue weighted by Gasteiger charge is -2.29. The average molecular weight is 708 g/mol. The molecule has 2 aliphatic rings. The van der Waals surface area contributed by atoms with E-state index in [-0.39, 0.29) is 44.9 Å². The molecule has 0 aromatic heterocycles. The van der Waals surface area contributed by atoms with E-state index in [1.54, 1.807) is 39.1 Å². The number of carbonyl (C=O) groups is 5. The number of hydrogen-bond acceptors (Lipinski definition) is 9. The van der Waals surface area contributed by atoms with Crippen LogP contribution in [0, 0.1) is 5.92 Å². The van der Waals surface area contributed by atoms with E-state index in [2.05, 4.69) is 25.0 Å². The van der Waals surface area contributed by atoms with Crippen molar-refractivity contribution in [1.82, 2.24) is 15.5 Å². The van der Waals surface area contributed by atoms with Crippen LogP contribution >= 0.6 is 0 Å². The van der Waals surface area contributed by atoms with Crippen molar-refractivity contribution in [3.05, 3.63) is 12.2 Å². The molecular formula is C32H52F3N3O9Si. The van der Waals surface area contributed by atoms with Crippen LogP contribution in [0.5, 0.6) is 0 Å². The maximum atomic E-state index is 13.3. The SMILES string of the molecule is CCOC(=O)[C@@]1(NC(=O)[C@@H]2C[C@@H](O)CN2C(=O)OC(C)(C)C)C[C@H]1/C=C/CCCCC[C@H](NC(=O)C(F)(F)F)C(=O)OCC[Si](C)(C)C. The summed E-state index contributed by atoms with van der Waals surface area (Å²) in [5.74, 6) is -4.68. The third kappa shape index (κ3) is 13.0. The quantitative estimate of drug-likeness (QED) is 0.0702. The first-order valence-electron chi connectivity index (χ1n) is 16.5. The third-order valence-electron chi connectivity index (χ3n) is 7.89. The first-order chi connectivity index (χ1) is 22.1. The van der Waals surface area contributed by atoms with Gasteiger partial charge in [-0.15, -0.1) is 0 Å². The van der Waals surface area contributed by atoms with Gasteiger partial charge in [0.15, 0.2) is 0 Å². The molecule has 0 radical (unpaired) electrons. The van der Waals surface area contributed by atoms with Crippen molar-refractivity contribution in [1.29, 1.82) is 0 Å². The number of nitrogens with one attached hydrogen (secondary N) is 2. The number of allylic oxidation sites excluding steroid dienone is 1. The summed E-state index contributed by atoms with van der Waals surface area (Å²) in [5.41, 5.74) is -2.13. The Bertz CT molecular complexity index is 1190. The zero-order valence-corrected chi connectivity index (χ0v) is 30.0. The van der Waals surface area contributed by atoms with Crippen molar-refractivity contribution < 1.29 is 56.5 Å². The standard InChI is InChI=1S/C32H52F3N3O9Si/c1-8-45-28(43)31(37-25(40)24-18-22(39)20-38(24)29(44)47-30(2,3)4)19-21(31)14-12-10-9-11-13-15-23(36-27(42)32(33,34)35)26(41)46-16-17-48(5,6)7/h12,14,21-24,39H,8-11,13,15-20H2,1-7H3,(H,36,42)(H,37,40)/b14-12+/t21-,22-,23+,24+,31-/m1/s1. The number of β-amino-alcohol motifs (C(OH)–C–C–N with tert-alkyl or cyclic N) is 1. The number of halogens is 3.